The zero-order valence-electron chi connectivity index (χ0n) is 22.5. The van der Waals surface area contributed by atoms with Crippen LogP contribution in [0.2, 0.25) is 0 Å². The van der Waals surface area contributed by atoms with Crippen molar-refractivity contribution in [1.29, 1.82) is 10.5 Å². The summed E-state index contributed by atoms with van der Waals surface area (Å²) in [5, 5.41) is 25.1. The summed E-state index contributed by atoms with van der Waals surface area (Å²) in [5.74, 6) is 0. The Balaban J connectivity index is 1.46. The maximum Gasteiger partial charge on any atom is 0.101 e. The van der Waals surface area contributed by atoms with Gasteiger partial charge in [-0.1, -0.05) is 91.0 Å². The molecule has 42 heavy (non-hydrogen) atoms. The zero-order chi connectivity index (χ0) is 28.2. The van der Waals surface area contributed by atoms with Crippen molar-refractivity contribution in [3.63, 3.8) is 0 Å². The average molecular weight is 535 g/mol. The third kappa shape index (κ3) is 3.33. The first kappa shape index (κ1) is 23.8. The van der Waals surface area contributed by atoms with Crippen molar-refractivity contribution in [3.8, 4) is 34.6 Å². The molecule has 8 rings (SSSR count). The molecule has 0 radical (unpaired) electrons. The smallest absolute Gasteiger partial charge is 0.101 e. The van der Waals surface area contributed by atoms with Crippen LogP contribution in [0.3, 0.4) is 0 Å². The minimum atomic E-state index is 0.583. The minimum absolute atomic E-state index is 0.583. The highest BCUT2D eigenvalue weighted by Gasteiger charge is 2.20. The van der Waals surface area contributed by atoms with Crippen LogP contribution in [0.5, 0.6) is 0 Å². The Kier molecular flexibility index (Phi) is 5.22. The molecule has 0 aliphatic heterocycles. The van der Waals surface area contributed by atoms with Crippen LogP contribution >= 0.6 is 0 Å². The van der Waals surface area contributed by atoms with Crippen LogP contribution < -0.4 is 0 Å². The van der Waals surface area contributed by atoms with E-state index in [0.29, 0.717) is 11.1 Å². The molecule has 0 saturated heterocycles. The van der Waals surface area contributed by atoms with Gasteiger partial charge in [0.2, 0.25) is 0 Å². The highest BCUT2D eigenvalue weighted by molar-refractivity contribution is 6.11. The van der Waals surface area contributed by atoms with E-state index in [9.17, 15) is 10.5 Å². The van der Waals surface area contributed by atoms with Gasteiger partial charge in [-0.2, -0.15) is 10.5 Å². The minimum Gasteiger partial charge on any atom is -0.308 e. The molecular weight excluding hydrogens is 512 g/mol. The molecule has 194 valence electrons. The molecule has 0 bridgehead atoms. The summed E-state index contributed by atoms with van der Waals surface area (Å²) in [5.41, 5.74) is 8.83. The summed E-state index contributed by atoms with van der Waals surface area (Å²) in [6.07, 6.45) is 0. The number of nitriles is 2. The summed E-state index contributed by atoms with van der Waals surface area (Å²) >= 11 is 0. The van der Waals surface area contributed by atoms with E-state index in [1.165, 1.54) is 0 Å². The summed E-state index contributed by atoms with van der Waals surface area (Å²) in [7, 11) is 0. The molecule has 2 aromatic heterocycles. The molecule has 0 atom stereocenters. The van der Waals surface area contributed by atoms with Crippen LogP contribution in [0.25, 0.3) is 66.1 Å². The van der Waals surface area contributed by atoms with Crippen molar-refractivity contribution in [2.24, 2.45) is 0 Å². The largest absolute Gasteiger partial charge is 0.308 e. The number of rotatable bonds is 3. The summed E-state index contributed by atoms with van der Waals surface area (Å²) in [6.45, 7) is 0. The molecule has 0 unspecified atom stereocenters. The van der Waals surface area contributed by atoms with E-state index >= 15 is 0 Å². The van der Waals surface area contributed by atoms with E-state index in [1.807, 2.05) is 60.7 Å². The van der Waals surface area contributed by atoms with Gasteiger partial charge in [-0.15, -0.1) is 0 Å². The second kappa shape index (κ2) is 9.24. The van der Waals surface area contributed by atoms with Crippen LogP contribution in [0.15, 0.2) is 133 Å². The van der Waals surface area contributed by atoms with Crippen LogP contribution in [0.1, 0.15) is 11.1 Å². The summed E-state index contributed by atoms with van der Waals surface area (Å²) in [6, 6.07) is 50.0. The fourth-order valence-corrected chi connectivity index (χ4v) is 6.43. The van der Waals surface area contributed by atoms with Crippen molar-refractivity contribution in [2.45, 2.75) is 0 Å². The Bertz CT molecular complexity index is 2340. The Hall–Kier alpha value is -6.10. The summed E-state index contributed by atoms with van der Waals surface area (Å²) < 4.78 is 4.39. The Labute approximate surface area is 242 Å². The van der Waals surface area contributed by atoms with E-state index in [1.54, 1.807) is 0 Å². The second-order valence-electron chi connectivity index (χ2n) is 10.4. The lowest BCUT2D eigenvalue weighted by atomic mass is 9.97. The maximum atomic E-state index is 10.3. The Morgan fingerprint density at radius 1 is 0.429 bits per heavy atom. The molecule has 0 aliphatic rings. The molecule has 2 heterocycles. The van der Waals surface area contributed by atoms with Gasteiger partial charge in [0.15, 0.2) is 0 Å². The Morgan fingerprint density at radius 2 is 0.905 bits per heavy atom. The number of fused-ring (bicyclic) bond motifs is 6. The highest BCUT2D eigenvalue weighted by Crippen LogP contribution is 2.39. The molecule has 0 amide bonds. The molecule has 0 saturated carbocycles. The third-order valence-electron chi connectivity index (χ3n) is 8.21. The van der Waals surface area contributed by atoms with E-state index < -0.39 is 0 Å². The predicted molar refractivity (Wildman–Crippen MR) is 170 cm³/mol. The predicted octanol–water partition coefficient (Wildman–Crippen LogP) is 9.29. The van der Waals surface area contributed by atoms with Gasteiger partial charge in [0.1, 0.15) is 12.1 Å². The van der Waals surface area contributed by atoms with Crippen LogP contribution in [0.4, 0.5) is 0 Å². The van der Waals surface area contributed by atoms with Crippen molar-refractivity contribution in [1.82, 2.24) is 9.13 Å². The van der Waals surface area contributed by atoms with E-state index in [2.05, 4.69) is 94.1 Å². The third-order valence-corrected chi connectivity index (χ3v) is 8.21. The lowest BCUT2D eigenvalue weighted by Gasteiger charge is -2.17. The van der Waals surface area contributed by atoms with Crippen molar-refractivity contribution < 1.29 is 0 Å². The molecule has 8 aromatic rings. The molecule has 0 spiro atoms. The van der Waals surface area contributed by atoms with Crippen molar-refractivity contribution >= 4 is 43.6 Å². The lowest BCUT2D eigenvalue weighted by Crippen LogP contribution is -2.02. The molecule has 0 aliphatic carbocycles. The quantitative estimate of drug-likeness (QED) is 0.227. The normalized spacial score (nSPS) is 11.3. The fourth-order valence-electron chi connectivity index (χ4n) is 6.43. The van der Waals surface area contributed by atoms with Gasteiger partial charge >= 0.3 is 0 Å². The average Bonchev–Trinajstić information content (AvgIpc) is 3.57. The van der Waals surface area contributed by atoms with E-state index in [4.69, 9.17) is 0 Å². The van der Waals surface area contributed by atoms with Gasteiger partial charge in [-0.25, -0.2) is 0 Å². The molecule has 4 nitrogen and oxygen atoms in total. The SMILES string of the molecule is N#Cc1ccc(-c2cccc(C#N)c2-n2c3ccccc3c3ccccc32)cc1-n1c2ccccc2c2ccccc21. The standard InChI is InChI=1S/C38H22N4/c39-23-26-21-20-25(22-37(26)41-33-16-5-1-11-29(33)30-12-2-6-17-34(30)41)28-15-9-10-27(24-40)38(28)42-35-18-7-3-13-31(35)32-14-4-8-19-36(32)42/h1-22H. The monoisotopic (exact) mass is 534 g/mol. The molecule has 0 fully saturated rings. The molecule has 0 N–H and O–H groups in total. The van der Waals surface area contributed by atoms with Gasteiger partial charge in [-0.05, 0) is 48.0 Å². The van der Waals surface area contributed by atoms with E-state index in [0.717, 1.165) is 66.1 Å². The number of hydrogen-bond donors (Lipinski definition) is 0. The molecule has 4 heteroatoms. The van der Waals surface area contributed by atoms with Gasteiger partial charge in [0.05, 0.1) is 44.6 Å². The maximum absolute atomic E-state index is 10.3. The first-order chi connectivity index (χ1) is 20.8. The fraction of sp³-hybridized carbons (Fsp3) is 0. The van der Waals surface area contributed by atoms with Crippen LogP contribution in [-0.4, -0.2) is 9.13 Å². The number of benzene rings is 6. The van der Waals surface area contributed by atoms with Crippen LogP contribution in [-0.2, 0) is 0 Å². The number of aromatic nitrogens is 2. The van der Waals surface area contributed by atoms with E-state index in [-0.39, 0.29) is 0 Å². The first-order valence-corrected chi connectivity index (χ1v) is 13.8. The highest BCUT2D eigenvalue weighted by atomic mass is 15.0. The van der Waals surface area contributed by atoms with Crippen molar-refractivity contribution in [2.75, 3.05) is 0 Å². The van der Waals surface area contributed by atoms with Crippen molar-refractivity contribution in [3.05, 3.63) is 145 Å². The lowest BCUT2D eigenvalue weighted by molar-refractivity contribution is 1.16. The number of hydrogen-bond acceptors (Lipinski definition) is 2. The summed E-state index contributed by atoms with van der Waals surface area (Å²) in [4.78, 5) is 0. The second-order valence-corrected chi connectivity index (χ2v) is 10.4. The number of nitrogens with zero attached hydrogens (tertiary/aromatic N) is 4. The topological polar surface area (TPSA) is 57.4 Å². The van der Waals surface area contributed by atoms with Gasteiger partial charge in [-0.3, -0.25) is 0 Å². The zero-order valence-corrected chi connectivity index (χ0v) is 22.5. The molecule has 6 aromatic carbocycles. The Morgan fingerprint density at radius 3 is 1.40 bits per heavy atom. The number of para-hydroxylation sites is 5. The van der Waals surface area contributed by atoms with Crippen LogP contribution in [0, 0.1) is 22.7 Å². The van der Waals surface area contributed by atoms with Gasteiger partial charge in [0.25, 0.3) is 0 Å². The van der Waals surface area contributed by atoms with Gasteiger partial charge < -0.3 is 9.13 Å². The first-order valence-electron chi connectivity index (χ1n) is 13.8. The van der Waals surface area contributed by atoms with Gasteiger partial charge in [0, 0.05) is 27.1 Å². The molecular formula is C38H22N4.